The van der Waals surface area contributed by atoms with Crippen LogP contribution >= 0.6 is 32.9 Å². The zero-order valence-electron chi connectivity index (χ0n) is 12.5. The van der Waals surface area contributed by atoms with Gasteiger partial charge in [-0.2, -0.15) is 0 Å². The van der Waals surface area contributed by atoms with Gasteiger partial charge in [-0.15, -0.1) is 0 Å². The smallest absolute Gasteiger partial charge is 0.125 e. The third kappa shape index (κ3) is 3.46. The van der Waals surface area contributed by atoms with Crippen LogP contribution < -0.4 is 4.74 Å². The van der Waals surface area contributed by atoms with Crippen molar-refractivity contribution in [3.05, 3.63) is 69.0 Å². The molecule has 2 aromatic carbocycles. The Morgan fingerprint density at radius 2 is 1.64 bits per heavy atom. The Hall–Kier alpha value is -1.49. The van der Waals surface area contributed by atoms with Gasteiger partial charge in [0.05, 0.1) is 0 Å². The van der Waals surface area contributed by atoms with Crippen molar-refractivity contribution in [3.8, 4) is 16.2 Å². The number of hydrogen-bond donors (Lipinski definition) is 0. The molecule has 0 fully saturated rings. The second-order valence-electron chi connectivity index (χ2n) is 5.21. The number of rotatable bonds is 4. The van der Waals surface area contributed by atoms with Crippen molar-refractivity contribution in [3.63, 3.8) is 0 Å². The molecule has 0 saturated carbocycles. The van der Waals surface area contributed by atoms with E-state index in [4.69, 9.17) is 17.0 Å². The van der Waals surface area contributed by atoms with Gasteiger partial charge in [0.1, 0.15) is 16.2 Å². The Balaban J connectivity index is 1.85. The van der Waals surface area contributed by atoms with Gasteiger partial charge in [-0.3, -0.25) is 0 Å². The van der Waals surface area contributed by atoms with Crippen LogP contribution in [0.2, 0.25) is 0 Å². The molecule has 3 aromatic rings. The van der Waals surface area contributed by atoms with E-state index in [-0.39, 0.29) is 0 Å². The van der Waals surface area contributed by atoms with Crippen molar-refractivity contribution in [1.29, 1.82) is 0 Å². The van der Waals surface area contributed by atoms with Crippen LogP contribution in [-0.4, -0.2) is 0 Å². The Kier molecular flexibility index (Phi) is 4.71. The molecule has 0 N–H and O–H groups in total. The lowest BCUT2D eigenvalue weighted by atomic mass is 10.0. The summed E-state index contributed by atoms with van der Waals surface area (Å²) in [4.78, 5) is 1.23. The van der Waals surface area contributed by atoms with Crippen molar-refractivity contribution < 1.29 is 4.74 Å². The van der Waals surface area contributed by atoms with Crippen molar-refractivity contribution >= 4 is 32.9 Å². The maximum absolute atomic E-state index is 6.04. The molecular weight excluding hydrogens is 328 g/mol. The molecule has 0 bridgehead atoms. The van der Waals surface area contributed by atoms with E-state index in [1.165, 1.54) is 16.0 Å². The van der Waals surface area contributed by atoms with Gasteiger partial charge < -0.3 is 4.74 Å². The highest BCUT2D eigenvalue weighted by Gasteiger charge is 2.09. The lowest BCUT2D eigenvalue weighted by Crippen LogP contribution is -1.99. The maximum Gasteiger partial charge on any atom is 0.125 e. The van der Waals surface area contributed by atoms with Gasteiger partial charge in [-0.1, -0.05) is 63.2 Å². The number of ether oxygens (including phenoxy) is 1. The van der Waals surface area contributed by atoms with E-state index in [0.717, 1.165) is 20.7 Å². The first-order chi connectivity index (χ1) is 10.6. The van der Waals surface area contributed by atoms with Crippen LogP contribution in [0.25, 0.3) is 10.4 Å². The Morgan fingerprint density at radius 1 is 0.955 bits per heavy atom. The maximum atomic E-state index is 6.04. The fraction of sp³-hybridized carbons (Fsp3) is 0.167. The van der Waals surface area contributed by atoms with Crippen LogP contribution in [0.4, 0.5) is 0 Å². The molecule has 22 heavy (non-hydrogen) atoms. The molecular formula is C18H16OS3. The summed E-state index contributed by atoms with van der Waals surface area (Å²) in [6, 6.07) is 16.7. The zero-order chi connectivity index (χ0) is 15.5. The molecule has 112 valence electrons. The molecule has 1 aromatic heterocycles. The summed E-state index contributed by atoms with van der Waals surface area (Å²) < 4.78 is 6.98. The predicted octanol–water partition coefficient (Wildman–Crippen LogP) is 6.40. The van der Waals surface area contributed by atoms with E-state index < -0.39 is 0 Å². The molecule has 1 nitrogen and oxygen atoms in total. The van der Waals surface area contributed by atoms with Gasteiger partial charge in [-0.25, -0.2) is 0 Å². The van der Waals surface area contributed by atoms with Crippen molar-refractivity contribution in [1.82, 2.24) is 0 Å². The molecule has 1 heterocycles. The highest BCUT2D eigenvalue weighted by molar-refractivity contribution is 7.80. The summed E-state index contributed by atoms with van der Waals surface area (Å²) in [5, 5.41) is 0. The standard InChI is InChI=1S/C18H16OS3/c1-12-8-15(16-10-17(20)22-21-16)9-13(2)18(12)19-11-14-6-4-3-5-7-14/h3-10H,11H2,1-2H3. The molecule has 0 unspecified atom stereocenters. The first kappa shape index (κ1) is 15.4. The Labute approximate surface area is 143 Å². The summed E-state index contributed by atoms with van der Waals surface area (Å²) in [6.07, 6.45) is 0. The second kappa shape index (κ2) is 6.73. The minimum absolute atomic E-state index is 0.596. The largest absolute Gasteiger partial charge is 0.488 e. The summed E-state index contributed by atoms with van der Waals surface area (Å²) >= 11 is 5.22. The molecule has 4 heteroatoms. The van der Waals surface area contributed by atoms with Crippen molar-refractivity contribution in [2.45, 2.75) is 20.5 Å². The van der Waals surface area contributed by atoms with Crippen LogP contribution in [-0.2, 0) is 6.61 Å². The third-order valence-corrected chi connectivity index (χ3v) is 6.34. The number of aryl methyl sites for hydroxylation is 2. The fourth-order valence-corrected chi connectivity index (χ4v) is 4.81. The Bertz CT molecular complexity index is 808. The summed E-state index contributed by atoms with van der Waals surface area (Å²) in [7, 11) is 3.38. The molecule has 0 aliphatic carbocycles. The number of benzene rings is 2. The average Bonchev–Trinajstić information content (AvgIpc) is 2.94. The van der Waals surface area contributed by atoms with Crippen LogP contribution in [0, 0.1) is 17.7 Å². The SMILES string of the molecule is Cc1cc(-c2cc(=S)ss2)cc(C)c1OCc1ccccc1. The van der Waals surface area contributed by atoms with Crippen LogP contribution in [0.3, 0.4) is 0 Å². The number of hydrogen-bond acceptors (Lipinski definition) is 4. The summed E-state index contributed by atoms with van der Waals surface area (Å²) in [6.45, 7) is 4.80. The molecule has 0 saturated heterocycles. The second-order valence-corrected chi connectivity index (χ2v) is 8.12. The molecule has 0 aliphatic heterocycles. The molecule has 0 aliphatic rings. The van der Waals surface area contributed by atoms with Crippen LogP contribution in [0.15, 0.2) is 48.5 Å². The minimum atomic E-state index is 0.596. The lowest BCUT2D eigenvalue weighted by molar-refractivity contribution is 0.302. The quantitative estimate of drug-likeness (QED) is 0.400. The average molecular weight is 345 g/mol. The molecule has 3 rings (SSSR count). The summed E-state index contributed by atoms with van der Waals surface area (Å²) in [5.74, 6) is 0.978. The van der Waals surface area contributed by atoms with E-state index in [0.29, 0.717) is 6.61 Å². The first-order valence-electron chi connectivity index (χ1n) is 7.02. The van der Waals surface area contributed by atoms with Gasteiger partial charge in [0, 0.05) is 4.88 Å². The first-order valence-corrected chi connectivity index (χ1v) is 9.58. The monoisotopic (exact) mass is 344 g/mol. The van der Waals surface area contributed by atoms with Gasteiger partial charge in [0.2, 0.25) is 0 Å². The highest BCUT2D eigenvalue weighted by Crippen LogP contribution is 2.34. The third-order valence-electron chi connectivity index (χ3n) is 3.43. The van der Waals surface area contributed by atoms with Crippen LogP contribution in [0.5, 0.6) is 5.75 Å². The van der Waals surface area contributed by atoms with E-state index >= 15 is 0 Å². The molecule has 0 atom stereocenters. The topological polar surface area (TPSA) is 9.23 Å². The normalized spacial score (nSPS) is 10.6. The van der Waals surface area contributed by atoms with Gasteiger partial charge >= 0.3 is 0 Å². The predicted molar refractivity (Wildman–Crippen MR) is 98.7 cm³/mol. The Morgan fingerprint density at radius 3 is 2.23 bits per heavy atom. The van der Waals surface area contributed by atoms with Crippen molar-refractivity contribution in [2.75, 3.05) is 0 Å². The minimum Gasteiger partial charge on any atom is -0.488 e. The zero-order valence-corrected chi connectivity index (χ0v) is 14.9. The van der Waals surface area contributed by atoms with E-state index in [1.807, 2.05) is 18.2 Å². The van der Waals surface area contributed by atoms with E-state index in [1.54, 1.807) is 20.7 Å². The fourth-order valence-electron chi connectivity index (χ4n) is 2.42. The van der Waals surface area contributed by atoms with E-state index in [2.05, 4.69) is 44.2 Å². The summed E-state index contributed by atoms with van der Waals surface area (Å²) in [5.41, 5.74) is 4.73. The van der Waals surface area contributed by atoms with Gasteiger partial charge in [-0.05, 0) is 54.3 Å². The molecule has 0 amide bonds. The molecule has 0 spiro atoms. The lowest BCUT2D eigenvalue weighted by Gasteiger charge is -2.13. The van der Waals surface area contributed by atoms with Gasteiger partial charge in [0.15, 0.2) is 0 Å². The molecule has 0 radical (unpaired) electrons. The van der Waals surface area contributed by atoms with E-state index in [9.17, 15) is 0 Å². The van der Waals surface area contributed by atoms with Crippen molar-refractivity contribution in [2.24, 2.45) is 0 Å². The highest BCUT2D eigenvalue weighted by atomic mass is 32.9. The van der Waals surface area contributed by atoms with Gasteiger partial charge in [0.25, 0.3) is 0 Å². The van der Waals surface area contributed by atoms with Crippen LogP contribution in [0.1, 0.15) is 16.7 Å².